The van der Waals surface area contributed by atoms with Crippen LogP contribution in [0.4, 0.5) is 0 Å². The summed E-state index contributed by atoms with van der Waals surface area (Å²) in [6, 6.07) is 0. The standard InChI is InChI=1S/C10H18O/c1-7(2)10(11)8-5-3-4-6-9(8)10/h7-9,11H,3-6H2,1-2H3. The largest absolute Gasteiger partial charge is 0.389 e. The number of aliphatic hydroxyl groups is 1. The monoisotopic (exact) mass is 154 g/mol. The SMILES string of the molecule is CC(C)C1(O)C2CCCCC21. The Bertz CT molecular complexity index is 150. The van der Waals surface area contributed by atoms with Gasteiger partial charge in [-0.2, -0.15) is 0 Å². The van der Waals surface area contributed by atoms with Crippen molar-refractivity contribution in [2.75, 3.05) is 0 Å². The number of rotatable bonds is 1. The van der Waals surface area contributed by atoms with E-state index in [0.717, 1.165) is 0 Å². The summed E-state index contributed by atoms with van der Waals surface area (Å²) in [5.74, 6) is 1.79. The predicted molar refractivity (Wildman–Crippen MR) is 45.2 cm³/mol. The zero-order chi connectivity index (χ0) is 8.06. The van der Waals surface area contributed by atoms with Crippen LogP contribution in [-0.2, 0) is 0 Å². The third kappa shape index (κ3) is 0.868. The van der Waals surface area contributed by atoms with Crippen LogP contribution in [0.2, 0.25) is 0 Å². The van der Waals surface area contributed by atoms with Gasteiger partial charge in [-0.25, -0.2) is 0 Å². The summed E-state index contributed by atoms with van der Waals surface area (Å²) in [5.41, 5.74) is -0.253. The zero-order valence-corrected chi connectivity index (χ0v) is 7.51. The lowest BCUT2D eigenvalue weighted by molar-refractivity contribution is 0.0695. The van der Waals surface area contributed by atoms with Gasteiger partial charge in [-0.3, -0.25) is 0 Å². The molecule has 0 aromatic carbocycles. The molecule has 1 N–H and O–H groups in total. The van der Waals surface area contributed by atoms with Gasteiger partial charge in [0, 0.05) is 0 Å². The Morgan fingerprint density at radius 1 is 1.18 bits per heavy atom. The molecule has 2 atom stereocenters. The maximum Gasteiger partial charge on any atom is 0.0733 e. The van der Waals surface area contributed by atoms with Gasteiger partial charge >= 0.3 is 0 Å². The molecule has 2 saturated carbocycles. The van der Waals surface area contributed by atoms with Crippen LogP contribution in [0, 0.1) is 17.8 Å². The third-order valence-electron chi connectivity index (χ3n) is 3.77. The minimum atomic E-state index is -0.253. The molecular formula is C10H18O. The lowest BCUT2D eigenvalue weighted by Gasteiger charge is -2.14. The molecule has 2 fully saturated rings. The van der Waals surface area contributed by atoms with Crippen molar-refractivity contribution in [1.29, 1.82) is 0 Å². The van der Waals surface area contributed by atoms with Crippen molar-refractivity contribution in [2.24, 2.45) is 17.8 Å². The van der Waals surface area contributed by atoms with Gasteiger partial charge in [-0.1, -0.05) is 26.7 Å². The van der Waals surface area contributed by atoms with Gasteiger partial charge in [-0.05, 0) is 30.6 Å². The van der Waals surface area contributed by atoms with Gasteiger partial charge in [0.05, 0.1) is 5.60 Å². The van der Waals surface area contributed by atoms with E-state index in [1.54, 1.807) is 0 Å². The molecule has 2 aliphatic carbocycles. The number of hydrogen-bond donors (Lipinski definition) is 1. The molecule has 2 rings (SSSR count). The van der Waals surface area contributed by atoms with Crippen LogP contribution in [0.15, 0.2) is 0 Å². The molecule has 2 unspecified atom stereocenters. The van der Waals surface area contributed by atoms with E-state index >= 15 is 0 Å². The van der Waals surface area contributed by atoms with Gasteiger partial charge < -0.3 is 5.11 Å². The Balaban J connectivity index is 2.08. The molecule has 0 aromatic heterocycles. The minimum absolute atomic E-state index is 0.253. The van der Waals surface area contributed by atoms with Crippen LogP contribution < -0.4 is 0 Å². The molecule has 2 aliphatic rings. The molecule has 0 heterocycles. The first kappa shape index (κ1) is 7.60. The van der Waals surface area contributed by atoms with Crippen LogP contribution in [0.1, 0.15) is 39.5 Å². The normalized spacial score (nSPS) is 49.1. The Kier molecular flexibility index (Phi) is 1.54. The highest BCUT2D eigenvalue weighted by atomic mass is 16.3. The molecule has 0 saturated heterocycles. The van der Waals surface area contributed by atoms with Crippen LogP contribution in [-0.4, -0.2) is 10.7 Å². The second-order valence-electron chi connectivity index (χ2n) is 4.54. The van der Waals surface area contributed by atoms with Crippen molar-refractivity contribution >= 4 is 0 Å². The molecule has 0 spiro atoms. The average molecular weight is 154 g/mol. The summed E-state index contributed by atoms with van der Waals surface area (Å²) in [6.07, 6.45) is 5.24. The van der Waals surface area contributed by atoms with E-state index in [4.69, 9.17) is 0 Å². The Hall–Kier alpha value is -0.0400. The first-order chi connectivity index (χ1) is 5.17. The summed E-state index contributed by atoms with van der Waals surface area (Å²) in [6.45, 7) is 4.30. The van der Waals surface area contributed by atoms with Gasteiger partial charge in [0.15, 0.2) is 0 Å². The summed E-state index contributed by atoms with van der Waals surface area (Å²) in [5, 5.41) is 10.2. The van der Waals surface area contributed by atoms with Gasteiger partial charge in [-0.15, -0.1) is 0 Å². The maximum atomic E-state index is 10.2. The predicted octanol–water partition coefficient (Wildman–Crippen LogP) is 2.19. The quantitative estimate of drug-likeness (QED) is 0.614. The molecule has 0 aromatic rings. The van der Waals surface area contributed by atoms with Crippen LogP contribution in [0.3, 0.4) is 0 Å². The molecule has 1 heteroatoms. The first-order valence-corrected chi connectivity index (χ1v) is 4.89. The molecular weight excluding hydrogens is 136 g/mol. The smallest absolute Gasteiger partial charge is 0.0733 e. The molecule has 0 bridgehead atoms. The molecule has 0 radical (unpaired) electrons. The highest BCUT2D eigenvalue weighted by molar-refractivity contribution is 5.14. The van der Waals surface area contributed by atoms with Crippen molar-refractivity contribution < 1.29 is 5.11 Å². The molecule has 0 amide bonds. The van der Waals surface area contributed by atoms with Gasteiger partial charge in [0.2, 0.25) is 0 Å². The molecule has 64 valence electrons. The van der Waals surface area contributed by atoms with Gasteiger partial charge in [0.1, 0.15) is 0 Å². The highest BCUT2D eigenvalue weighted by Crippen LogP contribution is 2.61. The van der Waals surface area contributed by atoms with Crippen LogP contribution >= 0.6 is 0 Å². The second kappa shape index (κ2) is 2.22. The highest BCUT2D eigenvalue weighted by Gasteiger charge is 2.64. The summed E-state index contributed by atoms with van der Waals surface area (Å²) in [4.78, 5) is 0. The van der Waals surface area contributed by atoms with Crippen LogP contribution in [0.5, 0.6) is 0 Å². The molecule has 11 heavy (non-hydrogen) atoms. The molecule has 1 nitrogen and oxygen atoms in total. The Morgan fingerprint density at radius 3 is 2.00 bits per heavy atom. The minimum Gasteiger partial charge on any atom is -0.389 e. The fourth-order valence-electron chi connectivity index (χ4n) is 3.00. The summed E-state index contributed by atoms with van der Waals surface area (Å²) in [7, 11) is 0. The Morgan fingerprint density at radius 2 is 1.64 bits per heavy atom. The van der Waals surface area contributed by atoms with E-state index < -0.39 is 0 Å². The maximum absolute atomic E-state index is 10.2. The fraction of sp³-hybridized carbons (Fsp3) is 1.00. The lowest BCUT2D eigenvalue weighted by atomic mass is 10.0. The summed E-state index contributed by atoms with van der Waals surface area (Å²) >= 11 is 0. The van der Waals surface area contributed by atoms with E-state index in [-0.39, 0.29) is 5.60 Å². The van der Waals surface area contributed by atoms with Crippen molar-refractivity contribution in [3.8, 4) is 0 Å². The van der Waals surface area contributed by atoms with E-state index in [1.807, 2.05) is 0 Å². The Labute approximate surface area is 68.8 Å². The van der Waals surface area contributed by atoms with Crippen molar-refractivity contribution in [2.45, 2.75) is 45.1 Å². The van der Waals surface area contributed by atoms with E-state index in [1.165, 1.54) is 25.7 Å². The zero-order valence-electron chi connectivity index (χ0n) is 7.51. The molecule has 0 aliphatic heterocycles. The third-order valence-corrected chi connectivity index (χ3v) is 3.77. The van der Waals surface area contributed by atoms with Crippen molar-refractivity contribution in [3.63, 3.8) is 0 Å². The number of fused-ring (bicyclic) bond motifs is 1. The van der Waals surface area contributed by atoms with E-state index in [9.17, 15) is 5.11 Å². The van der Waals surface area contributed by atoms with Gasteiger partial charge in [0.25, 0.3) is 0 Å². The fourth-order valence-corrected chi connectivity index (χ4v) is 3.00. The average Bonchev–Trinajstić information content (AvgIpc) is 2.61. The van der Waals surface area contributed by atoms with E-state index in [0.29, 0.717) is 17.8 Å². The summed E-state index contributed by atoms with van der Waals surface area (Å²) < 4.78 is 0. The van der Waals surface area contributed by atoms with Crippen molar-refractivity contribution in [1.82, 2.24) is 0 Å². The topological polar surface area (TPSA) is 20.2 Å². The van der Waals surface area contributed by atoms with Crippen LogP contribution in [0.25, 0.3) is 0 Å². The number of hydrogen-bond acceptors (Lipinski definition) is 1. The lowest BCUT2D eigenvalue weighted by Crippen LogP contribution is -2.20. The van der Waals surface area contributed by atoms with Crippen molar-refractivity contribution in [3.05, 3.63) is 0 Å². The van der Waals surface area contributed by atoms with E-state index in [2.05, 4.69) is 13.8 Å². The second-order valence-corrected chi connectivity index (χ2v) is 4.54. The first-order valence-electron chi connectivity index (χ1n) is 4.89.